The van der Waals surface area contributed by atoms with Crippen molar-refractivity contribution in [3.8, 4) is 0 Å². The molecule has 12 heteroatoms. The normalized spacial score (nSPS) is 17.0. The lowest BCUT2D eigenvalue weighted by Crippen LogP contribution is -2.57. The number of carbonyl (C=O) groups excluding carboxylic acids is 3. The molecule has 2 aromatic carbocycles. The molecule has 314 valence electrons. The van der Waals surface area contributed by atoms with Crippen molar-refractivity contribution < 1.29 is 28.3 Å². The minimum atomic E-state index is -2.48. The molecule has 0 bridgehead atoms. The van der Waals surface area contributed by atoms with Crippen molar-refractivity contribution in [3.05, 3.63) is 70.7 Å². The Morgan fingerprint density at radius 1 is 0.929 bits per heavy atom. The number of ether oxygens (including phenoxy) is 2. The average molecular weight is 816 g/mol. The Morgan fingerprint density at radius 3 is 2.14 bits per heavy atom. The molecule has 3 rings (SSSR count). The van der Waals surface area contributed by atoms with E-state index in [1.165, 1.54) is 0 Å². The Morgan fingerprint density at radius 2 is 1.57 bits per heavy atom. The van der Waals surface area contributed by atoms with Crippen LogP contribution in [0.2, 0.25) is 23.2 Å². The highest BCUT2D eigenvalue weighted by Crippen LogP contribution is 2.39. The Bertz CT molecular complexity index is 1520. The minimum Gasteiger partial charge on any atom is -0.444 e. The fourth-order valence-electron chi connectivity index (χ4n) is 6.78. The van der Waals surface area contributed by atoms with E-state index in [4.69, 9.17) is 25.5 Å². The van der Waals surface area contributed by atoms with Crippen LogP contribution >= 0.6 is 11.6 Å². The van der Waals surface area contributed by atoms with E-state index >= 15 is 0 Å². The van der Waals surface area contributed by atoms with Gasteiger partial charge in [0.05, 0.1) is 18.8 Å². The van der Waals surface area contributed by atoms with E-state index in [0.717, 1.165) is 36.9 Å². The average Bonchev–Trinajstić information content (AvgIpc) is 3.12. The molecule has 0 aliphatic carbocycles. The quantitative estimate of drug-likeness (QED) is 0.0968. The highest BCUT2D eigenvalue weighted by molar-refractivity contribution is 6.74. The summed E-state index contributed by atoms with van der Waals surface area (Å²) in [4.78, 5) is 44.5. The van der Waals surface area contributed by atoms with Gasteiger partial charge in [-0.15, -0.1) is 0 Å². The number of carbonyl (C=O) groups is 3. The van der Waals surface area contributed by atoms with E-state index in [2.05, 4.69) is 49.8 Å². The van der Waals surface area contributed by atoms with Gasteiger partial charge in [-0.2, -0.15) is 0 Å². The van der Waals surface area contributed by atoms with Crippen molar-refractivity contribution in [2.75, 3.05) is 33.4 Å². The number of benzene rings is 2. The number of amides is 3. The van der Waals surface area contributed by atoms with Crippen LogP contribution in [0.1, 0.15) is 92.2 Å². The van der Waals surface area contributed by atoms with Crippen molar-refractivity contribution in [3.63, 3.8) is 0 Å². The number of nitrogens with one attached hydrogen (secondary N) is 3. The van der Waals surface area contributed by atoms with E-state index in [0.29, 0.717) is 43.6 Å². The summed E-state index contributed by atoms with van der Waals surface area (Å²) in [6.07, 6.45) is 2.42. The first kappa shape index (κ1) is 47.4. The molecule has 1 heterocycles. The largest absolute Gasteiger partial charge is 0.444 e. The molecule has 1 aliphatic heterocycles. The first-order valence-corrected chi connectivity index (χ1v) is 23.8. The Balaban J connectivity index is 2.03. The molecule has 0 saturated carbocycles. The highest BCUT2D eigenvalue weighted by atomic mass is 35.5. The lowest BCUT2D eigenvalue weighted by Gasteiger charge is -2.42. The molecule has 0 radical (unpaired) electrons. The molecule has 1 fully saturated rings. The van der Waals surface area contributed by atoms with Crippen LogP contribution in [-0.2, 0) is 36.3 Å². The number of hydrogen-bond acceptors (Lipinski definition) is 7. The van der Waals surface area contributed by atoms with E-state index < -0.39 is 44.1 Å². The van der Waals surface area contributed by atoms with Gasteiger partial charge < -0.3 is 34.8 Å². The predicted molar refractivity (Wildman–Crippen MR) is 230 cm³/mol. The summed E-state index contributed by atoms with van der Waals surface area (Å²) in [5.74, 6) is -0.974. The zero-order chi connectivity index (χ0) is 41.7. The Labute approximate surface area is 343 Å². The van der Waals surface area contributed by atoms with Crippen LogP contribution in [0.5, 0.6) is 0 Å². The van der Waals surface area contributed by atoms with Crippen molar-refractivity contribution in [2.45, 2.75) is 142 Å². The molecule has 1 aliphatic rings. The summed E-state index contributed by atoms with van der Waals surface area (Å²) in [5.41, 5.74) is 1.21. The van der Waals surface area contributed by atoms with Crippen LogP contribution in [0.4, 0.5) is 4.79 Å². The number of alkyl carbamates (subject to hydrolysis) is 1. The highest BCUT2D eigenvalue weighted by Gasteiger charge is 2.43. The van der Waals surface area contributed by atoms with Gasteiger partial charge in [0.2, 0.25) is 11.8 Å². The Hall–Kier alpha value is -2.96. The molecule has 2 aromatic rings. The molecule has 0 aromatic heterocycles. The molecule has 56 heavy (non-hydrogen) atoms. The van der Waals surface area contributed by atoms with Crippen molar-refractivity contribution in [1.29, 1.82) is 0 Å². The molecular formula is C44H71ClN4O6Si. The predicted octanol–water partition coefficient (Wildman–Crippen LogP) is 8.17. The van der Waals surface area contributed by atoms with Gasteiger partial charge in [0.15, 0.2) is 8.32 Å². The fraction of sp³-hybridized carbons (Fsp3) is 0.659. The second-order valence-electron chi connectivity index (χ2n) is 18.0. The lowest BCUT2D eigenvalue weighted by atomic mass is 9.87. The van der Waals surface area contributed by atoms with Gasteiger partial charge >= 0.3 is 6.09 Å². The van der Waals surface area contributed by atoms with Crippen LogP contribution in [-0.4, -0.2) is 94.3 Å². The number of piperidine rings is 1. The number of methoxy groups -OCH3 is 1. The number of likely N-dealkylation sites (tertiary alicyclic amines) is 1. The number of halogens is 1. The van der Waals surface area contributed by atoms with Gasteiger partial charge in [0, 0.05) is 43.7 Å². The molecule has 10 nitrogen and oxygen atoms in total. The summed E-state index contributed by atoms with van der Waals surface area (Å²) >= 11 is 6.48. The number of nitrogens with zero attached hydrogens (tertiary/aromatic N) is 1. The van der Waals surface area contributed by atoms with Gasteiger partial charge in [-0.3, -0.25) is 9.59 Å². The smallest absolute Gasteiger partial charge is 0.407 e. The van der Waals surface area contributed by atoms with E-state index in [9.17, 15) is 14.4 Å². The molecule has 0 unspecified atom stereocenters. The van der Waals surface area contributed by atoms with Gasteiger partial charge in [-0.05, 0) is 100 Å². The van der Waals surface area contributed by atoms with Gasteiger partial charge in [-0.1, -0.05) is 95.1 Å². The first-order valence-electron chi connectivity index (χ1n) is 20.5. The maximum absolute atomic E-state index is 14.8. The Kier molecular flexibility index (Phi) is 18.4. The van der Waals surface area contributed by atoms with Gasteiger partial charge in [-0.25, -0.2) is 4.79 Å². The molecular weight excluding hydrogens is 744 g/mol. The maximum Gasteiger partial charge on any atom is 0.407 e. The summed E-state index contributed by atoms with van der Waals surface area (Å²) in [7, 11) is -0.787. The van der Waals surface area contributed by atoms with Crippen LogP contribution in [0.15, 0.2) is 54.6 Å². The third-order valence-electron chi connectivity index (χ3n) is 11.3. The summed E-state index contributed by atoms with van der Waals surface area (Å²) in [6.45, 7) is 23.2. The zero-order valence-corrected chi connectivity index (χ0v) is 37.8. The molecule has 3 N–H and O–H groups in total. The van der Waals surface area contributed by atoms with Gasteiger partial charge in [0.25, 0.3) is 0 Å². The summed E-state index contributed by atoms with van der Waals surface area (Å²) in [5, 5.41) is 10.4. The molecule has 5 atom stereocenters. The number of hydrogen-bond donors (Lipinski definition) is 3. The van der Waals surface area contributed by atoms with E-state index in [1.807, 2.05) is 94.1 Å². The second kappa shape index (κ2) is 21.7. The fourth-order valence-corrected chi connectivity index (χ4v) is 8.37. The van der Waals surface area contributed by atoms with Crippen molar-refractivity contribution in [2.24, 2.45) is 11.8 Å². The van der Waals surface area contributed by atoms with Gasteiger partial charge in [0.1, 0.15) is 11.6 Å². The summed E-state index contributed by atoms with van der Waals surface area (Å²) in [6, 6.07) is 16.7. The topological polar surface area (TPSA) is 118 Å². The maximum atomic E-state index is 14.8. The lowest BCUT2D eigenvalue weighted by molar-refractivity contribution is -0.140. The standard InChI is InChI=1S/C44H71ClN4O6Si/c1-12-31(2)39(41(51)49-24-21-36(22-25-49)46-23-26-53-9)48-40(50)34(27-33-19-16-20-35(45)28-33)30-38(55-56(10,11)44(6,7)8)37(29-32-17-14-13-15-18-32)47-42(52)54-43(3,4)5/h13-20,28,31,34,36-39,46H,12,21-27,29-30H2,1-11H3,(H,47,52)(H,48,50)/t31-,34+,37-,38-,39-/m0/s1. The third kappa shape index (κ3) is 15.4. The summed E-state index contributed by atoms with van der Waals surface area (Å²) < 4.78 is 18.2. The van der Waals surface area contributed by atoms with Crippen LogP contribution in [0, 0.1) is 11.8 Å². The molecule has 1 saturated heterocycles. The monoisotopic (exact) mass is 814 g/mol. The second-order valence-corrected chi connectivity index (χ2v) is 23.2. The number of rotatable bonds is 19. The third-order valence-corrected chi connectivity index (χ3v) is 16.0. The van der Waals surface area contributed by atoms with Crippen LogP contribution in [0.3, 0.4) is 0 Å². The van der Waals surface area contributed by atoms with Crippen molar-refractivity contribution in [1.82, 2.24) is 20.9 Å². The van der Waals surface area contributed by atoms with E-state index in [-0.39, 0.29) is 29.2 Å². The minimum absolute atomic E-state index is 0.0489. The van der Waals surface area contributed by atoms with Crippen LogP contribution in [0.25, 0.3) is 0 Å². The zero-order valence-electron chi connectivity index (χ0n) is 36.0. The molecule has 3 amide bonds. The SMILES string of the molecule is CC[C@H](C)[C@H](NC(=O)[C@H](Cc1cccc(Cl)c1)C[C@H](O[Si](C)(C)C(C)(C)C)[C@H](Cc1ccccc1)NC(=O)OC(C)(C)C)C(=O)N1CCC(NCCOC)CC1. The first-order chi connectivity index (χ1) is 26.2. The van der Waals surface area contributed by atoms with Crippen LogP contribution < -0.4 is 16.0 Å². The van der Waals surface area contributed by atoms with E-state index in [1.54, 1.807) is 7.11 Å². The van der Waals surface area contributed by atoms with Crippen molar-refractivity contribution >= 4 is 37.8 Å². The molecule has 0 spiro atoms.